The smallest absolute Gasteiger partial charge is 0.261 e. The molecule has 3 N–H and O–H groups in total. The van der Waals surface area contributed by atoms with Crippen molar-refractivity contribution in [1.82, 2.24) is 0 Å². The summed E-state index contributed by atoms with van der Waals surface area (Å²) in [7, 11) is 0. The number of nitrogens with one attached hydrogen (secondary N) is 1. The molecule has 0 saturated heterocycles. The van der Waals surface area contributed by atoms with Crippen LogP contribution in [-0.2, 0) is 10.4 Å². The summed E-state index contributed by atoms with van der Waals surface area (Å²) in [5.74, 6) is -0.518. The van der Waals surface area contributed by atoms with Crippen LogP contribution < -0.4 is 5.32 Å². The average molecular weight is 332 g/mol. The predicted octanol–water partition coefficient (Wildman–Crippen LogP) is 3.25. The molecule has 1 aliphatic rings. The van der Waals surface area contributed by atoms with Crippen molar-refractivity contribution in [3.05, 3.63) is 77.9 Å². The van der Waals surface area contributed by atoms with E-state index in [4.69, 9.17) is 0 Å². The molecule has 0 aromatic heterocycles. The summed E-state index contributed by atoms with van der Waals surface area (Å²) in [6.07, 6.45) is -0.120. The largest absolute Gasteiger partial charge is 0.411 e. The van der Waals surface area contributed by atoms with Crippen molar-refractivity contribution >= 4 is 28.1 Å². The van der Waals surface area contributed by atoms with Gasteiger partial charge in [0.25, 0.3) is 5.91 Å². The zero-order chi connectivity index (χ0) is 17.4. The first-order chi connectivity index (χ1) is 12.1. The lowest BCUT2D eigenvalue weighted by Crippen LogP contribution is -2.36. The number of nitrogens with zero attached hydrogens (tertiary/aromatic N) is 1. The highest BCUT2D eigenvalue weighted by Crippen LogP contribution is 2.39. The van der Waals surface area contributed by atoms with Crippen LogP contribution in [0.3, 0.4) is 0 Å². The van der Waals surface area contributed by atoms with Gasteiger partial charge in [-0.15, -0.1) is 0 Å². The van der Waals surface area contributed by atoms with Gasteiger partial charge in [0.15, 0.2) is 5.60 Å². The molecule has 0 unspecified atom stereocenters. The molecule has 0 fully saturated rings. The molecule has 0 spiro atoms. The second kappa shape index (κ2) is 5.72. The normalized spacial score (nSPS) is 19.7. The first kappa shape index (κ1) is 15.4. The van der Waals surface area contributed by atoms with Gasteiger partial charge in [-0.3, -0.25) is 4.79 Å². The number of aliphatic hydroxyl groups is 1. The first-order valence-corrected chi connectivity index (χ1v) is 7.95. The van der Waals surface area contributed by atoms with E-state index in [1.807, 2.05) is 42.5 Å². The third-order valence-corrected chi connectivity index (χ3v) is 4.62. The second-order valence-electron chi connectivity index (χ2n) is 6.15. The number of carbonyl (C=O) groups is 1. The predicted molar refractivity (Wildman–Crippen MR) is 95.9 cm³/mol. The maximum absolute atomic E-state index is 12.4. The van der Waals surface area contributed by atoms with Crippen LogP contribution >= 0.6 is 0 Å². The third-order valence-electron chi connectivity index (χ3n) is 4.62. The molecule has 1 aliphatic heterocycles. The van der Waals surface area contributed by atoms with Gasteiger partial charge in [0.1, 0.15) is 0 Å². The van der Waals surface area contributed by atoms with E-state index in [-0.39, 0.29) is 12.1 Å². The SMILES string of the molecule is O=C1Nc2ccccc2[C@@]1(O)C/C(=N\O)c1ccc2ccccc2c1. The number of oxime groups is 1. The van der Waals surface area contributed by atoms with E-state index in [2.05, 4.69) is 10.5 Å². The number of carbonyl (C=O) groups excluding carboxylic acids is 1. The minimum atomic E-state index is -1.76. The minimum absolute atomic E-state index is 0.120. The number of hydrogen-bond acceptors (Lipinski definition) is 4. The van der Waals surface area contributed by atoms with Crippen molar-refractivity contribution in [3.63, 3.8) is 0 Å². The molecule has 1 amide bonds. The fourth-order valence-electron chi connectivity index (χ4n) is 3.28. The number of benzene rings is 3. The topological polar surface area (TPSA) is 81.9 Å². The van der Waals surface area contributed by atoms with E-state index in [0.717, 1.165) is 10.8 Å². The van der Waals surface area contributed by atoms with Gasteiger partial charge < -0.3 is 15.6 Å². The maximum Gasteiger partial charge on any atom is 0.261 e. The van der Waals surface area contributed by atoms with Crippen LogP contribution in [0.1, 0.15) is 17.5 Å². The molecule has 0 aliphatic carbocycles. The molecule has 0 bridgehead atoms. The minimum Gasteiger partial charge on any atom is -0.411 e. The Kier molecular flexibility index (Phi) is 3.51. The van der Waals surface area contributed by atoms with E-state index in [1.165, 1.54) is 0 Å². The highest BCUT2D eigenvalue weighted by molar-refractivity contribution is 6.11. The summed E-state index contributed by atoms with van der Waals surface area (Å²) in [4.78, 5) is 12.4. The maximum atomic E-state index is 12.4. The highest BCUT2D eigenvalue weighted by Gasteiger charge is 2.46. The fourth-order valence-corrected chi connectivity index (χ4v) is 3.28. The average Bonchev–Trinajstić information content (AvgIpc) is 2.90. The van der Waals surface area contributed by atoms with Crippen molar-refractivity contribution in [3.8, 4) is 0 Å². The van der Waals surface area contributed by atoms with Crippen LogP contribution in [0.15, 0.2) is 71.9 Å². The van der Waals surface area contributed by atoms with Gasteiger partial charge in [0.2, 0.25) is 0 Å². The number of hydrogen-bond donors (Lipinski definition) is 3. The van der Waals surface area contributed by atoms with E-state index in [1.54, 1.807) is 24.3 Å². The first-order valence-electron chi connectivity index (χ1n) is 7.95. The summed E-state index contributed by atoms with van der Waals surface area (Å²) in [5.41, 5.74) is 0.212. The summed E-state index contributed by atoms with van der Waals surface area (Å²) in [6, 6.07) is 20.4. The number of amides is 1. The molecule has 25 heavy (non-hydrogen) atoms. The Morgan fingerprint density at radius 3 is 2.52 bits per heavy atom. The zero-order valence-corrected chi connectivity index (χ0v) is 13.3. The van der Waals surface area contributed by atoms with Crippen LogP contribution in [0.4, 0.5) is 5.69 Å². The van der Waals surface area contributed by atoms with Gasteiger partial charge in [-0.2, -0.15) is 0 Å². The van der Waals surface area contributed by atoms with E-state index >= 15 is 0 Å². The molecular weight excluding hydrogens is 316 g/mol. The molecule has 5 nitrogen and oxygen atoms in total. The number of rotatable bonds is 3. The van der Waals surface area contributed by atoms with Gasteiger partial charge in [0, 0.05) is 23.2 Å². The molecule has 0 radical (unpaired) electrons. The molecule has 3 aromatic carbocycles. The van der Waals surface area contributed by atoms with Gasteiger partial charge in [-0.1, -0.05) is 59.8 Å². The van der Waals surface area contributed by atoms with Crippen LogP contribution in [-0.4, -0.2) is 21.9 Å². The van der Waals surface area contributed by atoms with Crippen molar-refractivity contribution in [2.75, 3.05) is 5.32 Å². The molecule has 1 heterocycles. The van der Waals surface area contributed by atoms with E-state index in [9.17, 15) is 15.1 Å². The van der Waals surface area contributed by atoms with Gasteiger partial charge >= 0.3 is 0 Å². The second-order valence-corrected chi connectivity index (χ2v) is 6.15. The van der Waals surface area contributed by atoms with Gasteiger partial charge in [-0.25, -0.2) is 0 Å². The van der Waals surface area contributed by atoms with Gasteiger partial charge in [0.05, 0.1) is 5.71 Å². The Bertz CT molecular complexity index is 1010. The zero-order valence-electron chi connectivity index (χ0n) is 13.3. The third kappa shape index (κ3) is 2.45. The van der Waals surface area contributed by atoms with E-state index in [0.29, 0.717) is 16.8 Å². The number of para-hydroxylation sites is 1. The van der Waals surface area contributed by atoms with Crippen LogP contribution in [0.25, 0.3) is 10.8 Å². The Labute approximate surface area is 144 Å². The summed E-state index contributed by atoms with van der Waals surface area (Å²) >= 11 is 0. The van der Waals surface area contributed by atoms with Gasteiger partial charge in [-0.05, 0) is 22.9 Å². The number of fused-ring (bicyclic) bond motifs is 2. The Morgan fingerprint density at radius 1 is 1.00 bits per heavy atom. The van der Waals surface area contributed by atoms with Crippen LogP contribution in [0.5, 0.6) is 0 Å². The summed E-state index contributed by atoms with van der Waals surface area (Å²) in [6.45, 7) is 0. The van der Waals surface area contributed by atoms with Crippen molar-refractivity contribution in [1.29, 1.82) is 0 Å². The Hall–Kier alpha value is -3.18. The molecule has 0 saturated carbocycles. The molecule has 5 heteroatoms. The van der Waals surface area contributed by atoms with E-state index < -0.39 is 11.5 Å². The monoisotopic (exact) mass is 332 g/mol. The quantitative estimate of drug-likeness (QED) is 0.391. The highest BCUT2D eigenvalue weighted by atomic mass is 16.4. The summed E-state index contributed by atoms with van der Waals surface area (Å²) < 4.78 is 0. The molecule has 124 valence electrons. The Balaban J connectivity index is 1.74. The van der Waals surface area contributed by atoms with Crippen molar-refractivity contribution < 1.29 is 15.1 Å². The van der Waals surface area contributed by atoms with Crippen LogP contribution in [0, 0.1) is 0 Å². The Morgan fingerprint density at radius 2 is 1.72 bits per heavy atom. The molecule has 3 aromatic rings. The summed E-state index contributed by atoms with van der Waals surface area (Å²) in [5, 5.41) is 28.6. The lowest BCUT2D eigenvalue weighted by molar-refractivity contribution is -0.132. The van der Waals surface area contributed by atoms with Crippen molar-refractivity contribution in [2.24, 2.45) is 5.16 Å². The molecule has 4 rings (SSSR count). The fraction of sp³-hybridized carbons (Fsp3) is 0.100. The van der Waals surface area contributed by atoms with Crippen molar-refractivity contribution in [2.45, 2.75) is 12.0 Å². The lowest BCUT2D eigenvalue weighted by Gasteiger charge is -2.21. The standard InChI is InChI=1S/C20H16N2O3/c23-19-20(24,16-7-3-4-8-17(16)21-19)12-18(22-25)15-10-9-13-5-1-2-6-14(13)11-15/h1-11,24-25H,12H2,(H,21,23)/b22-18+/t20-/m0/s1. The molecular formula is C20H16N2O3. The molecule has 1 atom stereocenters. The lowest BCUT2D eigenvalue weighted by atomic mass is 9.87. The van der Waals surface area contributed by atoms with Crippen LogP contribution in [0.2, 0.25) is 0 Å². The number of anilines is 1.